The fourth-order valence-corrected chi connectivity index (χ4v) is 4.75. The summed E-state index contributed by atoms with van der Waals surface area (Å²) in [7, 11) is 0. The van der Waals surface area contributed by atoms with Gasteiger partial charge >= 0.3 is 5.97 Å². The Kier molecular flexibility index (Phi) is 9.07. The third-order valence-electron chi connectivity index (χ3n) is 5.97. The molecule has 2 nitrogen and oxygen atoms in total. The van der Waals surface area contributed by atoms with Crippen molar-refractivity contribution in [1.29, 1.82) is 0 Å². The number of hydrogen-bond donors (Lipinski definition) is 1. The number of halogens is 2. The number of thioether (sulfide) groups is 1. The first-order valence-corrected chi connectivity index (χ1v) is 11.1. The molecular formula is C22H32F2O2S. The molecule has 27 heavy (non-hydrogen) atoms. The summed E-state index contributed by atoms with van der Waals surface area (Å²) in [4.78, 5) is 12.6. The average Bonchev–Trinajstić information content (AvgIpc) is 2.65. The largest absolute Gasteiger partial charge is 0.481 e. The summed E-state index contributed by atoms with van der Waals surface area (Å²) in [5.74, 6) is -2.62. The number of carboxylic acids is 1. The van der Waals surface area contributed by atoms with Crippen LogP contribution >= 0.6 is 11.8 Å². The number of aliphatic carboxylic acids is 1. The van der Waals surface area contributed by atoms with Gasteiger partial charge in [0.05, 0.1) is 5.41 Å². The standard InChI is InChI=1S/C22H32F2O2S/c1-2-3-4-5-6-7-8-17-13-15-22(16-14-17,20(25)26)18-9-11-19(12-10-18)27-21(23)24/h9-12,17,21H,2-8,13-16H2,1H3,(H,25,26). The number of carboxylic acid groups (broad SMARTS) is 1. The Labute approximate surface area is 166 Å². The Morgan fingerprint density at radius 1 is 1.11 bits per heavy atom. The summed E-state index contributed by atoms with van der Waals surface area (Å²) in [5.41, 5.74) is -0.0994. The molecule has 1 aliphatic carbocycles. The zero-order valence-electron chi connectivity index (χ0n) is 16.3. The highest BCUT2D eigenvalue weighted by atomic mass is 32.2. The van der Waals surface area contributed by atoms with Gasteiger partial charge in [-0.15, -0.1) is 0 Å². The monoisotopic (exact) mass is 398 g/mol. The van der Waals surface area contributed by atoms with Crippen molar-refractivity contribution in [2.75, 3.05) is 0 Å². The molecule has 0 unspecified atom stereocenters. The smallest absolute Gasteiger partial charge is 0.314 e. The number of hydrogen-bond acceptors (Lipinski definition) is 2. The lowest BCUT2D eigenvalue weighted by Crippen LogP contribution is -2.39. The molecule has 0 saturated heterocycles. The molecule has 1 fully saturated rings. The van der Waals surface area contributed by atoms with Crippen LogP contribution in [0.2, 0.25) is 0 Å². The van der Waals surface area contributed by atoms with Crippen LogP contribution in [0.4, 0.5) is 8.78 Å². The van der Waals surface area contributed by atoms with E-state index in [4.69, 9.17) is 0 Å². The summed E-state index contributed by atoms with van der Waals surface area (Å²) in [6.07, 6.45) is 12.1. The van der Waals surface area contributed by atoms with E-state index in [1.807, 2.05) is 0 Å². The van der Waals surface area contributed by atoms with Crippen LogP contribution in [0.15, 0.2) is 29.2 Å². The average molecular weight is 399 g/mol. The molecular weight excluding hydrogens is 366 g/mol. The lowest BCUT2D eigenvalue weighted by Gasteiger charge is -2.37. The molecule has 0 amide bonds. The van der Waals surface area contributed by atoms with E-state index in [2.05, 4.69) is 6.92 Å². The third-order valence-corrected chi connectivity index (χ3v) is 6.69. The Morgan fingerprint density at radius 3 is 2.26 bits per heavy atom. The summed E-state index contributed by atoms with van der Waals surface area (Å²) < 4.78 is 25.0. The normalized spacial score (nSPS) is 22.9. The molecule has 1 aliphatic rings. The van der Waals surface area contributed by atoms with Gasteiger partial charge in [0.25, 0.3) is 5.76 Å². The summed E-state index contributed by atoms with van der Waals surface area (Å²) >= 11 is 0.497. The van der Waals surface area contributed by atoms with Crippen LogP contribution < -0.4 is 0 Å². The third kappa shape index (κ3) is 6.48. The second kappa shape index (κ2) is 11.0. The molecule has 0 spiro atoms. The number of alkyl halides is 2. The van der Waals surface area contributed by atoms with E-state index in [9.17, 15) is 18.7 Å². The SMILES string of the molecule is CCCCCCCCC1CCC(C(=O)O)(c2ccc(SC(F)F)cc2)CC1. The second-order valence-electron chi connectivity index (χ2n) is 7.79. The Hall–Kier alpha value is -1.10. The molecule has 0 atom stereocenters. The van der Waals surface area contributed by atoms with Gasteiger partial charge in [0, 0.05) is 4.90 Å². The lowest BCUT2D eigenvalue weighted by molar-refractivity contribution is -0.145. The number of rotatable bonds is 11. The minimum absolute atomic E-state index is 0.478. The topological polar surface area (TPSA) is 37.3 Å². The van der Waals surface area contributed by atoms with Crippen LogP contribution in [0.5, 0.6) is 0 Å². The van der Waals surface area contributed by atoms with Crippen molar-refractivity contribution in [3.05, 3.63) is 29.8 Å². The highest BCUT2D eigenvalue weighted by Crippen LogP contribution is 2.43. The molecule has 1 aromatic rings. The van der Waals surface area contributed by atoms with Crippen molar-refractivity contribution in [2.24, 2.45) is 5.92 Å². The molecule has 2 rings (SSSR count). The van der Waals surface area contributed by atoms with Crippen LogP contribution in [-0.2, 0) is 10.2 Å². The molecule has 1 saturated carbocycles. The molecule has 0 aliphatic heterocycles. The van der Waals surface area contributed by atoms with Gasteiger partial charge < -0.3 is 5.11 Å². The predicted octanol–water partition coefficient (Wildman–Crippen LogP) is 7.26. The van der Waals surface area contributed by atoms with Crippen LogP contribution in [-0.4, -0.2) is 16.8 Å². The van der Waals surface area contributed by atoms with Crippen LogP contribution in [0.25, 0.3) is 0 Å². The maximum atomic E-state index is 12.5. The van der Waals surface area contributed by atoms with E-state index >= 15 is 0 Å². The van der Waals surface area contributed by atoms with Gasteiger partial charge in [-0.25, -0.2) is 0 Å². The number of unbranched alkanes of at least 4 members (excludes halogenated alkanes) is 5. The summed E-state index contributed by atoms with van der Waals surface area (Å²) in [5, 5.41) is 9.91. The van der Waals surface area contributed by atoms with Crippen molar-refractivity contribution in [3.8, 4) is 0 Å². The van der Waals surface area contributed by atoms with E-state index in [0.29, 0.717) is 35.4 Å². The fraction of sp³-hybridized carbons (Fsp3) is 0.682. The number of carbonyl (C=O) groups is 1. The van der Waals surface area contributed by atoms with Gasteiger partial charge in [-0.2, -0.15) is 8.78 Å². The first-order chi connectivity index (χ1) is 13.0. The van der Waals surface area contributed by atoms with Gasteiger partial charge in [0.1, 0.15) is 0 Å². The quantitative estimate of drug-likeness (QED) is 0.315. The van der Waals surface area contributed by atoms with Gasteiger partial charge in [-0.05, 0) is 49.3 Å². The summed E-state index contributed by atoms with van der Waals surface area (Å²) in [6, 6.07) is 6.71. The van der Waals surface area contributed by atoms with Crippen molar-refractivity contribution in [1.82, 2.24) is 0 Å². The fourth-order valence-electron chi connectivity index (χ4n) is 4.25. The van der Waals surface area contributed by atoms with Gasteiger partial charge in [0.15, 0.2) is 0 Å². The zero-order chi connectivity index (χ0) is 19.7. The Bertz CT molecular complexity index is 566. The van der Waals surface area contributed by atoms with Gasteiger partial charge in [-0.3, -0.25) is 4.79 Å². The minimum atomic E-state index is -2.46. The van der Waals surface area contributed by atoms with Crippen molar-refractivity contribution >= 4 is 17.7 Å². The second-order valence-corrected chi connectivity index (χ2v) is 8.85. The van der Waals surface area contributed by atoms with E-state index in [-0.39, 0.29) is 0 Å². The number of benzene rings is 1. The zero-order valence-corrected chi connectivity index (χ0v) is 17.1. The maximum absolute atomic E-state index is 12.5. The minimum Gasteiger partial charge on any atom is -0.481 e. The predicted molar refractivity (Wildman–Crippen MR) is 108 cm³/mol. The molecule has 0 bridgehead atoms. The lowest BCUT2D eigenvalue weighted by atomic mass is 9.66. The van der Waals surface area contributed by atoms with E-state index in [1.54, 1.807) is 24.3 Å². The van der Waals surface area contributed by atoms with Crippen molar-refractivity contribution in [2.45, 2.75) is 93.6 Å². The van der Waals surface area contributed by atoms with Crippen molar-refractivity contribution < 1.29 is 18.7 Å². The molecule has 1 N–H and O–H groups in total. The summed E-state index contributed by atoms with van der Waals surface area (Å²) in [6.45, 7) is 2.22. The Morgan fingerprint density at radius 2 is 1.70 bits per heavy atom. The van der Waals surface area contributed by atoms with Gasteiger partial charge in [-0.1, -0.05) is 75.8 Å². The van der Waals surface area contributed by atoms with Crippen molar-refractivity contribution in [3.63, 3.8) is 0 Å². The maximum Gasteiger partial charge on any atom is 0.314 e. The van der Waals surface area contributed by atoms with E-state index < -0.39 is 17.1 Å². The molecule has 0 heterocycles. The molecule has 152 valence electrons. The van der Waals surface area contributed by atoms with E-state index in [0.717, 1.165) is 18.4 Å². The molecule has 5 heteroatoms. The highest BCUT2D eigenvalue weighted by Gasteiger charge is 2.43. The first kappa shape index (κ1) is 22.2. The van der Waals surface area contributed by atoms with Crippen LogP contribution in [0.3, 0.4) is 0 Å². The van der Waals surface area contributed by atoms with Gasteiger partial charge in [0.2, 0.25) is 0 Å². The molecule has 0 radical (unpaired) electrons. The van der Waals surface area contributed by atoms with Crippen LogP contribution in [0.1, 0.15) is 83.1 Å². The Balaban J connectivity index is 1.88. The molecule has 0 aromatic heterocycles. The molecule has 1 aromatic carbocycles. The van der Waals surface area contributed by atoms with Crippen LogP contribution in [0, 0.1) is 5.92 Å². The first-order valence-electron chi connectivity index (χ1n) is 10.3. The van der Waals surface area contributed by atoms with E-state index in [1.165, 1.54) is 44.9 Å². The highest BCUT2D eigenvalue weighted by molar-refractivity contribution is 7.99.